The molecule has 26 heavy (non-hydrogen) atoms. The summed E-state index contributed by atoms with van der Waals surface area (Å²) in [6.07, 6.45) is 6.64. The molecule has 1 heterocycles. The van der Waals surface area contributed by atoms with Crippen LogP contribution in [-0.2, 0) is 14.3 Å². The SMILES string of the molecule is CCOC(=O)c1c(C2CC2)csc1NC(=O)[C@H]1[C@@H](C(=O)O)[C@H]2C=C[C@H]1C2. The molecule has 2 saturated carbocycles. The van der Waals surface area contributed by atoms with Crippen molar-refractivity contribution in [3.05, 3.63) is 28.7 Å². The summed E-state index contributed by atoms with van der Waals surface area (Å²) in [6.45, 7) is 2.02. The molecule has 4 atom stereocenters. The van der Waals surface area contributed by atoms with Crippen molar-refractivity contribution in [1.82, 2.24) is 0 Å². The topological polar surface area (TPSA) is 92.7 Å². The quantitative estimate of drug-likeness (QED) is 0.588. The third-order valence-corrected chi connectivity index (χ3v) is 6.51. The van der Waals surface area contributed by atoms with Crippen molar-refractivity contribution in [2.45, 2.75) is 32.1 Å². The van der Waals surface area contributed by atoms with Gasteiger partial charge in [-0.2, -0.15) is 0 Å². The smallest absolute Gasteiger partial charge is 0.341 e. The largest absolute Gasteiger partial charge is 0.481 e. The van der Waals surface area contributed by atoms with Crippen molar-refractivity contribution in [2.24, 2.45) is 23.7 Å². The average Bonchev–Trinajstić information content (AvgIpc) is 3.04. The Hall–Kier alpha value is -2.15. The van der Waals surface area contributed by atoms with Crippen LogP contribution in [0.1, 0.15) is 48.0 Å². The molecule has 2 fully saturated rings. The van der Waals surface area contributed by atoms with E-state index in [9.17, 15) is 19.5 Å². The number of aliphatic carboxylic acids is 1. The number of ether oxygens (including phenoxy) is 1. The lowest BCUT2D eigenvalue weighted by molar-refractivity contribution is -0.146. The molecule has 0 aromatic carbocycles. The van der Waals surface area contributed by atoms with Crippen LogP contribution in [0.3, 0.4) is 0 Å². The Morgan fingerprint density at radius 2 is 1.92 bits per heavy atom. The first-order valence-electron chi connectivity index (χ1n) is 9.01. The molecule has 3 aliphatic rings. The number of esters is 1. The molecule has 0 saturated heterocycles. The van der Waals surface area contributed by atoms with Gasteiger partial charge in [0.2, 0.25) is 5.91 Å². The Labute approximate surface area is 155 Å². The van der Waals surface area contributed by atoms with E-state index in [0.717, 1.165) is 18.4 Å². The van der Waals surface area contributed by atoms with Crippen LogP contribution in [0.15, 0.2) is 17.5 Å². The van der Waals surface area contributed by atoms with E-state index in [-0.39, 0.29) is 24.3 Å². The molecular formula is C19H21NO5S. The lowest BCUT2D eigenvalue weighted by Crippen LogP contribution is -2.36. The van der Waals surface area contributed by atoms with E-state index in [1.165, 1.54) is 11.3 Å². The second-order valence-corrected chi connectivity index (χ2v) is 8.10. The Balaban J connectivity index is 1.59. The molecule has 0 spiro atoms. The maximum atomic E-state index is 12.9. The van der Waals surface area contributed by atoms with Crippen LogP contribution in [0.2, 0.25) is 0 Å². The Kier molecular flexibility index (Phi) is 4.34. The van der Waals surface area contributed by atoms with Crippen LogP contribution in [0, 0.1) is 23.7 Å². The summed E-state index contributed by atoms with van der Waals surface area (Å²) in [7, 11) is 0. The number of amides is 1. The first-order chi connectivity index (χ1) is 12.5. The number of carboxylic acids is 1. The monoisotopic (exact) mass is 375 g/mol. The van der Waals surface area contributed by atoms with Gasteiger partial charge in [-0.3, -0.25) is 9.59 Å². The van der Waals surface area contributed by atoms with Gasteiger partial charge in [0.05, 0.1) is 24.0 Å². The summed E-state index contributed by atoms with van der Waals surface area (Å²) in [5.41, 5.74) is 1.38. The minimum absolute atomic E-state index is 0.0463. The number of carbonyl (C=O) groups excluding carboxylic acids is 2. The molecule has 6 nitrogen and oxygen atoms in total. The van der Waals surface area contributed by atoms with Gasteiger partial charge in [0, 0.05) is 0 Å². The second kappa shape index (κ2) is 6.54. The van der Waals surface area contributed by atoms with Crippen LogP contribution >= 0.6 is 11.3 Å². The molecule has 4 rings (SSSR count). The molecule has 0 unspecified atom stereocenters. The molecule has 1 amide bonds. The predicted octanol–water partition coefficient (Wildman–Crippen LogP) is 3.26. The molecule has 138 valence electrons. The van der Waals surface area contributed by atoms with Crippen molar-refractivity contribution in [3.8, 4) is 0 Å². The van der Waals surface area contributed by atoms with Crippen molar-refractivity contribution in [1.29, 1.82) is 0 Å². The van der Waals surface area contributed by atoms with Gasteiger partial charge in [-0.05, 0) is 54.9 Å². The maximum Gasteiger partial charge on any atom is 0.341 e. The highest BCUT2D eigenvalue weighted by Gasteiger charge is 2.51. The second-order valence-electron chi connectivity index (χ2n) is 7.22. The van der Waals surface area contributed by atoms with Gasteiger partial charge in [0.1, 0.15) is 5.00 Å². The predicted molar refractivity (Wildman–Crippen MR) is 96.2 cm³/mol. The normalized spacial score (nSPS) is 29.0. The Morgan fingerprint density at radius 1 is 1.23 bits per heavy atom. The number of anilines is 1. The molecule has 1 aromatic rings. The first kappa shape index (κ1) is 17.3. The van der Waals surface area contributed by atoms with E-state index in [1.807, 2.05) is 17.5 Å². The number of nitrogens with one attached hydrogen (secondary N) is 1. The third kappa shape index (κ3) is 2.84. The fraction of sp³-hybridized carbons (Fsp3) is 0.526. The highest BCUT2D eigenvalue weighted by atomic mass is 32.1. The molecule has 2 bridgehead atoms. The van der Waals surface area contributed by atoms with E-state index in [4.69, 9.17) is 4.74 Å². The van der Waals surface area contributed by atoms with Crippen LogP contribution in [0.5, 0.6) is 0 Å². The number of thiophene rings is 1. The standard InChI is InChI=1S/C19H21NO5S/c1-2-25-19(24)15-12(9-3-4-9)8-26-17(15)20-16(21)13-10-5-6-11(7-10)14(13)18(22)23/h5-6,8-11,13-14H,2-4,7H2,1H3,(H,20,21)(H,22,23)/t10-,11-,13+,14-/m0/s1. The van der Waals surface area contributed by atoms with Crippen LogP contribution in [-0.4, -0.2) is 29.6 Å². The number of allylic oxidation sites excluding steroid dienone is 2. The maximum absolute atomic E-state index is 12.9. The van der Waals surface area contributed by atoms with Gasteiger partial charge in [-0.15, -0.1) is 11.3 Å². The summed E-state index contributed by atoms with van der Waals surface area (Å²) in [5.74, 6) is -2.73. The number of carbonyl (C=O) groups is 3. The van der Waals surface area contributed by atoms with Crippen molar-refractivity contribution < 1.29 is 24.2 Å². The van der Waals surface area contributed by atoms with Gasteiger partial charge in [0.15, 0.2) is 0 Å². The lowest BCUT2D eigenvalue weighted by Gasteiger charge is -2.23. The molecular weight excluding hydrogens is 354 g/mol. The van der Waals surface area contributed by atoms with Gasteiger partial charge in [-0.25, -0.2) is 4.79 Å². The van der Waals surface area contributed by atoms with Crippen molar-refractivity contribution >= 4 is 34.2 Å². The van der Waals surface area contributed by atoms with Crippen LogP contribution < -0.4 is 5.32 Å². The minimum atomic E-state index is -0.933. The van der Waals surface area contributed by atoms with Gasteiger partial charge >= 0.3 is 11.9 Å². The molecule has 2 N–H and O–H groups in total. The summed E-state index contributed by atoms with van der Waals surface area (Å²) in [6, 6.07) is 0. The Morgan fingerprint density at radius 3 is 2.54 bits per heavy atom. The fourth-order valence-electron chi connectivity index (χ4n) is 4.28. The molecule has 3 aliphatic carbocycles. The number of carboxylic acid groups (broad SMARTS) is 1. The highest BCUT2D eigenvalue weighted by molar-refractivity contribution is 7.15. The molecule has 7 heteroatoms. The number of fused-ring (bicyclic) bond motifs is 2. The van der Waals surface area contributed by atoms with Gasteiger partial charge in [-0.1, -0.05) is 12.2 Å². The highest BCUT2D eigenvalue weighted by Crippen LogP contribution is 2.49. The van der Waals surface area contributed by atoms with Crippen molar-refractivity contribution in [2.75, 3.05) is 11.9 Å². The zero-order valence-electron chi connectivity index (χ0n) is 14.4. The van der Waals surface area contributed by atoms with E-state index < -0.39 is 23.8 Å². The fourth-order valence-corrected chi connectivity index (χ4v) is 5.32. The summed E-state index contributed by atoms with van der Waals surface area (Å²) in [5, 5.41) is 14.8. The Bertz CT molecular complexity index is 794. The zero-order valence-corrected chi connectivity index (χ0v) is 15.3. The lowest BCUT2D eigenvalue weighted by atomic mass is 9.82. The minimum Gasteiger partial charge on any atom is -0.481 e. The van der Waals surface area contributed by atoms with Gasteiger partial charge < -0.3 is 15.2 Å². The third-order valence-electron chi connectivity index (χ3n) is 5.60. The number of hydrogen-bond donors (Lipinski definition) is 2. The molecule has 1 aromatic heterocycles. The average molecular weight is 375 g/mol. The van der Waals surface area contributed by atoms with E-state index >= 15 is 0 Å². The number of hydrogen-bond acceptors (Lipinski definition) is 5. The van der Waals surface area contributed by atoms with E-state index in [1.54, 1.807) is 6.92 Å². The summed E-state index contributed by atoms with van der Waals surface area (Å²) in [4.78, 5) is 36.9. The molecule has 0 aliphatic heterocycles. The van der Waals surface area contributed by atoms with Crippen LogP contribution in [0.4, 0.5) is 5.00 Å². The van der Waals surface area contributed by atoms with Crippen LogP contribution in [0.25, 0.3) is 0 Å². The zero-order chi connectivity index (χ0) is 18.4. The summed E-state index contributed by atoms with van der Waals surface area (Å²) < 4.78 is 5.17. The summed E-state index contributed by atoms with van der Waals surface area (Å²) >= 11 is 1.32. The van der Waals surface area contributed by atoms with E-state index in [0.29, 0.717) is 22.9 Å². The van der Waals surface area contributed by atoms with Crippen molar-refractivity contribution in [3.63, 3.8) is 0 Å². The number of rotatable bonds is 6. The first-order valence-corrected chi connectivity index (χ1v) is 9.89. The van der Waals surface area contributed by atoms with Gasteiger partial charge in [0.25, 0.3) is 0 Å². The molecule has 0 radical (unpaired) electrons. The van der Waals surface area contributed by atoms with E-state index in [2.05, 4.69) is 5.32 Å².